The minimum Gasteiger partial charge on any atom is -0.493 e. The van der Waals surface area contributed by atoms with E-state index in [1.54, 1.807) is 13.8 Å². The Balaban J connectivity index is 1.93. The van der Waals surface area contributed by atoms with Gasteiger partial charge in [-0.05, 0) is 57.7 Å². The average Bonchev–Trinajstić information content (AvgIpc) is 2.77. The van der Waals surface area contributed by atoms with Crippen LogP contribution in [-0.4, -0.2) is 71.2 Å². The number of carbonyl (C=O) groups excluding carboxylic acids is 2. The number of hydrogen-bond donors (Lipinski definition) is 3. The van der Waals surface area contributed by atoms with Crippen LogP contribution in [0.1, 0.15) is 37.8 Å². The lowest BCUT2D eigenvalue weighted by Crippen LogP contribution is -2.61. The second-order valence-corrected chi connectivity index (χ2v) is 8.83. The summed E-state index contributed by atoms with van der Waals surface area (Å²) in [4.78, 5) is 24.8. The van der Waals surface area contributed by atoms with Crippen molar-refractivity contribution < 1.29 is 43.9 Å². The van der Waals surface area contributed by atoms with E-state index in [0.717, 1.165) is 16.9 Å². The molecule has 1 aromatic carbocycles. The Morgan fingerprint density at radius 3 is 2.52 bits per heavy atom. The molecule has 9 nitrogen and oxygen atoms in total. The van der Waals surface area contributed by atoms with Gasteiger partial charge in [-0.25, -0.2) is 4.79 Å². The summed E-state index contributed by atoms with van der Waals surface area (Å²) in [5, 5.41) is 30.3. The van der Waals surface area contributed by atoms with Gasteiger partial charge < -0.3 is 34.3 Å². The smallest absolute Gasteiger partial charge is 0.338 e. The molecule has 0 radical (unpaired) electrons. The van der Waals surface area contributed by atoms with Crippen molar-refractivity contribution in [2.75, 3.05) is 13.2 Å². The molecule has 3 N–H and O–H groups in total. The first kappa shape index (κ1) is 26.8. The van der Waals surface area contributed by atoms with Gasteiger partial charge in [-0.15, -0.1) is 0 Å². The largest absolute Gasteiger partial charge is 0.493 e. The van der Waals surface area contributed by atoms with Crippen molar-refractivity contribution in [3.05, 3.63) is 42.0 Å². The molecular weight excluding hydrogens is 432 g/mol. The summed E-state index contributed by atoms with van der Waals surface area (Å²) in [6.07, 6.45) is -6.25. The summed E-state index contributed by atoms with van der Waals surface area (Å²) in [7, 11) is 0. The first-order valence-electron chi connectivity index (χ1n) is 10.9. The molecule has 1 aliphatic heterocycles. The number of hydrogen-bond acceptors (Lipinski definition) is 9. The number of esters is 2. The molecule has 1 heterocycles. The van der Waals surface area contributed by atoms with E-state index in [-0.39, 0.29) is 6.61 Å². The highest BCUT2D eigenvalue weighted by Gasteiger charge is 2.49. The maximum Gasteiger partial charge on any atom is 0.338 e. The molecule has 0 spiro atoms. The zero-order chi connectivity index (χ0) is 24.8. The van der Waals surface area contributed by atoms with E-state index in [1.165, 1.54) is 6.08 Å². The molecule has 2 rings (SSSR count). The maximum absolute atomic E-state index is 12.8. The fraction of sp³-hybridized carbons (Fsp3) is 0.583. The van der Waals surface area contributed by atoms with Gasteiger partial charge in [-0.3, -0.25) is 4.79 Å². The molecule has 0 aromatic heterocycles. The number of aryl methyl sites for hydroxylation is 2. The predicted molar refractivity (Wildman–Crippen MR) is 118 cm³/mol. The van der Waals surface area contributed by atoms with Gasteiger partial charge in [0.05, 0.1) is 12.0 Å². The van der Waals surface area contributed by atoms with Crippen molar-refractivity contribution >= 4 is 11.9 Å². The first-order valence-corrected chi connectivity index (χ1v) is 10.9. The molecule has 0 unspecified atom stereocenters. The molecule has 9 heteroatoms. The maximum atomic E-state index is 12.8. The third-order valence-electron chi connectivity index (χ3n) is 5.47. The fourth-order valence-corrected chi connectivity index (χ4v) is 3.29. The summed E-state index contributed by atoms with van der Waals surface area (Å²) in [6, 6.07) is 5.93. The number of aliphatic hydroxyl groups is 3. The molecule has 1 aromatic rings. The van der Waals surface area contributed by atoms with E-state index in [0.29, 0.717) is 19.4 Å². The highest BCUT2D eigenvalue weighted by Crippen LogP contribution is 2.29. The lowest BCUT2D eigenvalue weighted by Gasteiger charge is -2.39. The van der Waals surface area contributed by atoms with Crippen LogP contribution in [0.2, 0.25) is 0 Å². The minimum atomic E-state index is -1.77. The zero-order valence-electron chi connectivity index (χ0n) is 19.5. The molecule has 0 bridgehead atoms. The van der Waals surface area contributed by atoms with Crippen molar-refractivity contribution in [2.45, 2.75) is 71.2 Å². The summed E-state index contributed by atoms with van der Waals surface area (Å²) >= 11 is 0. The average molecular weight is 467 g/mol. The predicted octanol–water partition coefficient (Wildman–Crippen LogP) is 1.57. The molecular formula is C24H34O9. The van der Waals surface area contributed by atoms with Gasteiger partial charge in [0.15, 0.2) is 6.10 Å². The van der Waals surface area contributed by atoms with Gasteiger partial charge in [0, 0.05) is 0 Å². The number of benzene rings is 1. The van der Waals surface area contributed by atoms with Crippen LogP contribution < -0.4 is 4.74 Å². The summed E-state index contributed by atoms with van der Waals surface area (Å²) < 4.78 is 21.2. The third-order valence-corrected chi connectivity index (χ3v) is 5.47. The molecule has 1 fully saturated rings. The molecule has 33 heavy (non-hydrogen) atoms. The number of ether oxygens (including phenoxy) is 4. The normalized spacial score (nSPS) is 25.2. The summed E-state index contributed by atoms with van der Waals surface area (Å²) in [6.45, 7) is 10.9. The van der Waals surface area contributed by atoms with Crippen LogP contribution in [0.15, 0.2) is 30.9 Å². The second kappa shape index (κ2) is 11.6. The van der Waals surface area contributed by atoms with Crippen molar-refractivity contribution in [3.63, 3.8) is 0 Å². The van der Waals surface area contributed by atoms with Crippen LogP contribution in [0, 0.1) is 19.3 Å². The summed E-state index contributed by atoms with van der Waals surface area (Å²) in [5.41, 5.74) is 1.14. The van der Waals surface area contributed by atoms with Gasteiger partial charge in [0.25, 0.3) is 0 Å². The van der Waals surface area contributed by atoms with E-state index < -0.39 is 48.1 Å². The second-order valence-electron chi connectivity index (χ2n) is 8.83. The van der Waals surface area contributed by atoms with Crippen molar-refractivity contribution in [1.82, 2.24) is 0 Å². The fourth-order valence-electron chi connectivity index (χ4n) is 3.29. The molecule has 1 aliphatic rings. The van der Waals surface area contributed by atoms with Crippen LogP contribution in [0.3, 0.4) is 0 Å². The van der Waals surface area contributed by atoms with Gasteiger partial charge in [0.1, 0.15) is 30.7 Å². The quantitative estimate of drug-likeness (QED) is 0.267. The van der Waals surface area contributed by atoms with Crippen LogP contribution in [0.25, 0.3) is 0 Å². The highest BCUT2D eigenvalue weighted by atomic mass is 16.7. The number of carbonyl (C=O) groups is 2. The zero-order valence-corrected chi connectivity index (χ0v) is 19.5. The molecule has 5 atom stereocenters. The van der Waals surface area contributed by atoms with Crippen LogP contribution in [-0.2, 0) is 23.8 Å². The van der Waals surface area contributed by atoms with E-state index in [2.05, 4.69) is 6.58 Å². The first-order chi connectivity index (χ1) is 15.5. The van der Waals surface area contributed by atoms with Gasteiger partial charge >= 0.3 is 11.9 Å². The van der Waals surface area contributed by atoms with Crippen LogP contribution >= 0.6 is 0 Å². The SMILES string of the molecule is C=CCOC(=O)[C@H]1O[C@@H](OC(=O)C(C)(C)CCCOc2cc(C)ccc2C)[C@@H](O)[C@H](O)[C@@H]1O. The molecule has 0 aliphatic carbocycles. The lowest BCUT2D eigenvalue weighted by atomic mass is 9.88. The summed E-state index contributed by atoms with van der Waals surface area (Å²) in [5.74, 6) is -0.881. The minimum absolute atomic E-state index is 0.133. The van der Waals surface area contributed by atoms with Gasteiger partial charge in [0.2, 0.25) is 6.29 Å². The standard InChI is InChI=1S/C24H34O9/c1-6-11-31-21(28)20-18(26)17(25)19(27)22(32-20)33-23(29)24(4,5)10-7-12-30-16-13-14(2)8-9-15(16)3/h6,8-9,13,17-20,22,25-27H,1,7,10-12H2,2-5H3/t17-,18+,19+,20+,22+/m1/s1. The van der Waals surface area contributed by atoms with E-state index in [9.17, 15) is 24.9 Å². The van der Waals surface area contributed by atoms with Gasteiger partial charge in [-0.2, -0.15) is 0 Å². The van der Waals surface area contributed by atoms with Crippen molar-refractivity contribution in [1.29, 1.82) is 0 Å². The Bertz CT molecular complexity index is 835. The Morgan fingerprint density at radius 2 is 1.85 bits per heavy atom. The Morgan fingerprint density at radius 1 is 1.15 bits per heavy atom. The molecule has 1 saturated heterocycles. The molecule has 184 valence electrons. The number of rotatable bonds is 10. The molecule has 0 amide bonds. The Kier molecular flexibility index (Phi) is 9.42. The Hall–Kier alpha value is -2.46. The highest BCUT2D eigenvalue weighted by molar-refractivity contribution is 5.77. The van der Waals surface area contributed by atoms with Crippen molar-refractivity contribution in [2.24, 2.45) is 5.41 Å². The molecule has 0 saturated carbocycles. The monoisotopic (exact) mass is 466 g/mol. The number of aliphatic hydroxyl groups excluding tert-OH is 3. The third kappa shape index (κ3) is 7.01. The van der Waals surface area contributed by atoms with Crippen molar-refractivity contribution in [3.8, 4) is 5.75 Å². The Labute approximate surface area is 193 Å². The van der Waals surface area contributed by atoms with Crippen LogP contribution in [0.5, 0.6) is 5.75 Å². The van der Waals surface area contributed by atoms with E-state index >= 15 is 0 Å². The van der Waals surface area contributed by atoms with E-state index in [4.69, 9.17) is 18.9 Å². The topological polar surface area (TPSA) is 132 Å². The van der Waals surface area contributed by atoms with E-state index in [1.807, 2.05) is 32.0 Å². The van der Waals surface area contributed by atoms with Gasteiger partial charge in [-0.1, -0.05) is 24.8 Å². The van der Waals surface area contributed by atoms with Crippen LogP contribution in [0.4, 0.5) is 0 Å². The lowest BCUT2D eigenvalue weighted by molar-refractivity contribution is -0.289.